The molecule has 7 nitrogen and oxygen atoms in total. The fourth-order valence-corrected chi connectivity index (χ4v) is 4.25. The number of hydrogen-bond acceptors (Lipinski definition) is 5. The van der Waals surface area contributed by atoms with Crippen molar-refractivity contribution in [2.24, 2.45) is 7.05 Å². The minimum absolute atomic E-state index is 0.101. The lowest BCUT2D eigenvalue weighted by Crippen LogP contribution is -2.23. The Morgan fingerprint density at radius 1 is 1.03 bits per heavy atom. The normalized spacial score (nSPS) is 16.8. The van der Waals surface area contributed by atoms with Crippen LogP contribution < -0.4 is 10.5 Å². The van der Waals surface area contributed by atoms with Crippen LogP contribution >= 0.6 is 0 Å². The van der Waals surface area contributed by atoms with Gasteiger partial charge in [0.15, 0.2) is 5.82 Å². The maximum Gasteiger partial charge on any atom is 0.416 e. The van der Waals surface area contributed by atoms with Crippen molar-refractivity contribution in [2.75, 3.05) is 18.0 Å². The zero-order valence-electron chi connectivity index (χ0n) is 17.1. The first-order chi connectivity index (χ1) is 15.3. The topological polar surface area (TPSA) is 79.7 Å². The molecule has 0 amide bonds. The lowest BCUT2D eigenvalue weighted by atomic mass is 9.97. The van der Waals surface area contributed by atoms with Crippen LogP contribution in [0.1, 0.15) is 23.5 Å². The predicted octanol–water partition coefficient (Wildman–Crippen LogP) is 3.73. The van der Waals surface area contributed by atoms with Crippen molar-refractivity contribution >= 4 is 16.7 Å². The van der Waals surface area contributed by atoms with Crippen molar-refractivity contribution in [3.8, 4) is 11.5 Å². The van der Waals surface area contributed by atoms with Crippen LogP contribution in [0.4, 0.5) is 19.1 Å². The maximum absolute atomic E-state index is 12.8. The van der Waals surface area contributed by atoms with Gasteiger partial charge in [0, 0.05) is 31.4 Å². The third-order valence-corrected chi connectivity index (χ3v) is 5.94. The molecule has 1 aliphatic rings. The summed E-state index contributed by atoms with van der Waals surface area (Å²) in [5.41, 5.74) is 0.483. The monoisotopic (exact) mass is 440 g/mol. The van der Waals surface area contributed by atoms with Gasteiger partial charge in [0.25, 0.3) is 5.56 Å². The molecule has 0 bridgehead atoms. The van der Waals surface area contributed by atoms with Crippen molar-refractivity contribution in [3.05, 3.63) is 70.0 Å². The van der Waals surface area contributed by atoms with Crippen molar-refractivity contribution in [1.29, 1.82) is 0 Å². The van der Waals surface area contributed by atoms with E-state index in [9.17, 15) is 18.0 Å². The van der Waals surface area contributed by atoms with Crippen molar-refractivity contribution < 1.29 is 13.2 Å². The highest BCUT2D eigenvalue weighted by Gasteiger charge is 2.32. The highest BCUT2D eigenvalue weighted by atomic mass is 19.4. The fourth-order valence-electron chi connectivity index (χ4n) is 4.25. The first kappa shape index (κ1) is 20.2. The molecule has 1 atom stereocenters. The largest absolute Gasteiger partial charge is 0.416 e. The molecule has 1 unspecified atom stereocenters. The Labute approximate surface area is 180 Å². The molecule has 1 fully saturated rings. The Balaban J connectivity index is 1.41. The minimum Gasteiger partial charge on any atom is -0.340 e. The number of halogens is 3. The Hall–Kier alpha value is -3.69. The van der Waals surface area contributed by atoms with Crippen LogP contribution in [0.3, 0.4) is 0 Å². The third-order valence-electron chi connectivity index (χ3n) is 5.94. The second kappa shape index (κ2) is 7.47. The molecule has 10 heteroatoms. The predicted molar refractivity (Wildman–Crippen MR) is 113 cm³/mol. The number of benzene rings is 2. The number of rotatable bonds is 3. The molecule has 0 radical (unpaired) electrons. The van der Waals surface area contributed by atoms with Gasteiger partial charge in [-0.15, -0.1) is 10.2 Å². The minimum atomic E-state index is -4.34. The Morgan fingerprint density at radius 3 is 2.47 bits per heavy atom. The van der Waals surface area contributed by atoms with Crippen molar-refractivity contribution in [1.82, 2.24) is 25.0 Å². The molecule has 164 valence electrons. The van der Waals surface area contributed by atoms with Gasteiger partial charge in [-0.1, -0.05) is 30.3 Å². The third kappa shape index (κ3) is 3.41. The number of hydrogen-bond donors (Lipinski definition) is 1. The zero-order chi connectivity index (χ0) is 22.5. The molecular formula is C22H19F3N6O. The molecule has 1 N–H and O–H groups in total. The number of anilines is 1. The Bertz CT molecular complexity index is 1340. The number of alkyl halides is 3. The molecule has 1 saturated heterocycles. The summed E-state index contributed by atoms with van der Waals surface area (Å²) in [5, 5.41) is 16.6. The molecule has 2 aromatic carbocycles. The summed E-state index contributed by atoms with van der Waals surface area (Å²) < 4.78 is 40.3. The zero-order valence-corrected chi connectivity index (χ0v) is 17.1. The SMILES string of the molecule is Cn1c(-c2n[nH]c(=O)c3ccccc23)nnc1N1CCC(c2ccc(C(F)(F)F)cc2)C1. The van der Waals surface area contributed by atoms with Gasteiger partial charge in [0.05, 0.1) is 10.9 Å². The lowest BCUT2D eigenvalue weighted by Gasteiger charge is -2.17. The van der Waals surface area contributed by atoms with Crippen LogP contribution in [0.25, 0.3) is 22.3 Å². The van der Waals surface area contributed by atoms with E-state index in [1.807, 2.05) is 23.7 Å². The second-order valence-corrected chi connectivity index (χ2v) is 7.88. The van der Waals surface area contributed by atoms with Crippen molar-refractivity contribution in [2.45, 2.75) is 18.5 Å². The first-order valence-corrected chi connectivity index (χ1v) is 10.1. The molecule has 2 aromatic heterocycles. The van der Waals surface area contributed by atoms with Crippen molar-refractivity contribution in [3.63, 3.8) is 0 Å². The van der Waals surface area contributed by atoms with Crippen LogP contribution in [-0.4, -0.2) is 38.1 Å². The van der Waals surface area contributed by atoms with Crippen LogP contribution in [0.15, 0.2) is 53.3 Å². The number of aromatic amines is 1. The van der Waals surface area contributed by atoms with Gasteiger partial charge in [0.2, 0.25) is 5.95 Å². The van der Waals surface area contributed by atoms with Gasteiger partial charge in [-0.3, -0.25) is 9.36 Å². The number of H-pyrrole nitrogens is 1. The van der Waals surface area contributed by atoms with E-state index in [2.05, 4.69) is 25.3 Å². The van der Waals surface area contributed by atoms with E-state index in [1.54, 1.807) is 24.3 Å². The van der Waals surface area contributed by atoms with Crippen LogP contribution in [0, 0.1) is 0 Å². The average Bonchev–Trinajstić information content (AvgIpc) is 3.41. The van der Waals surface area contributed by atoms with Crippen LogP contribution in [0.2, 0.25) is 0 Å². The summed E-state index contributed by atoms with van der Waals surface area (Å²) in [6.45, 7) is 1.33. The molecular weight excluding hydrogens is 421 g/mol. The Kier molecular flexibility index (Phi) is 4.72. The Morgan fingerprint density at radius 2 is 1.75 bits per heavy atom. The first-order valence-electron chi connectivity index (χ1n) is 10.1. The van der Waals surface area contributed by atoms with Gasteiger partial charge in [-0.2, -0.15) is 18.3 Å². The van der Waals surface area contributed by atoms with E-state index in [1.165, 1.54) is 0 Å². The molecule has 0 aliphatic carbocycles. The van der Waals surface area contributed by atoms with E-state index in [4.69, 9.17) is 0 Å². The average molecular weight is 440 g/mol. The number of aromatic nitrogens is 5. The van der Waals surface area contributed by atoms with Gasteiger partial charge in [-0.05, 0) is 30.2 Å². The highest BCUT2D eigenvalue weighted by molar-refractivity contribution is 5.92. The number of nitrogens with one attached hydrogen (secondary N) is 1. The van der Waals surface area contributed by atoms with E-state index >= 15 is 0 Å². The summed E-state index contributed by atoms with van der Waals surface area (Å²) >= 11 is 0. The summed E-state index contributed by atoms with van der Waals surface area (Å²) in [4.78, 5) is 14.1. The van der Waals surface area contributed by atoms with Gasteiger partial charge in [0.1, 0.15) is 5.69 Å². The van der Waals surface area contributed by atoms with E-state index < -0.39 is 11.7 Å². The smallest absolute Gasteiger partial charge is 0.340 e. The maximum atomic E-state index is 12.8. The molecule has 0 saturated carbocycles. The molecule has 3 heterocycles. The second-order valence-electron chi connectivity index (χ2n) is 7.88. The summed E-state index contributed by atoms with van der Waals surface area (Å²) in [7, 11) is 1.83. The molecule has 1 aliphatic heterocycles. The fraction of sp³-hybridized carbons (Fsp3) is 0.273. The quantitative estimate of drug-likeness (QED) is 0.525. The molecule has 4 aromatic rings. The molecule has 32 heavy (non-hydrogen) atoms. The van der Waals surface area contributed by atoms with Crippen LogP contribution in [-0.2, 0) is 13.2 Å². The molecule has 0 spiro atoms. The standard InChI is InChI=1S/C22H19F3N6O/c1-30-19(18-16-4-2-3-5-17(16)20(32)28-26-18)27-29-21(30)31-11-10-14(12-31)13-6-8-15(9-7-13)22(23,24)25/h2-9,14H,10-12H2,1H3,(H,28,32). The van der Waals surface area contributed by atoms with E-state index in [0.29, 0.717) is 41.3 Å². The summed E-state index contributed by atoms with van der Waals surface area (Å²) in [6.07, 6.45) is -3.54. The number of nitrogens with zero attached hydrogens (tertiary/aromatic N) is 5. The van der Waals surface area contributed by atoms with Gasteiger partial charge < -0.3 is 4.90 Å². The van der Waals surface area contributed by atoms with E-state index in [-0.39, 0.29) is 11.5 Å². The summed E-state index contributed by atoms with van der Waals surface area (Å²) in [6, 6.07) is 12.5. The van der Waals surface area contributed by atoms with Gasteiger partial charge >= 0.3 is 6.18 Å². The summed E-state index contributed by atoms with van der Waals surface area (Å²) in [5.74, 6) is 1.27. The van der Waals surface area contributed by atoms with E-state index in [0.717, 1.165) is 24.1 Å². The lowest BCUT2D eigenvalue weighted by molar-refractivity contribution is -0.137. The highest BCUT2D eigenvalue weighted by Crippen LogP contribution is 2.34. The van der Waals surface area contributed by atoms with Crippen LogP contribution in [0.5, 0.6) is 0 Å². The molecule has 5 rings (SSSR count). The van der Waals surface area contributed by atoms with Gasteiger partial charge in [-0.25, -0.2) is 5.10 Å². The number of fused-ring (bicyclic) bond motifs is 1.